The Balaban J connectivity index is 0.00000392. The van der Waals surface area contributed by atoms with E-state index in [1.807, 2.05) is 23.9 Å². The van der Waals surface area contributed by atoms with Gasteiger partial charge in [-0.05, 0) is 49.4 Å². The summed E-state index contributed by atoms with van der Waals surface area (Å²) < 4.78 is 7.65. The smallest absolute Gasteiger partial charge is 0.190 e. The standard InChI is InChI=1S/C21H33N5O.HI/c1-5-27-20(17(2)3)12-15-24-21(22-4)23-14-11-18-7-9-19(10-8-18)26-16-6-13-25-26;/h6-10,13,16-17,20H,5,11-12,14-15H2,1-4H3,(H2,22,23,24);1H. The van der Waals surface area contributed by atoms with Gasteiger partial charge in [0.25, 0.3) is 0 Å². The number of nitrogens with zero attached hydrogens (tertiary/aromatic N) is 3. The second kappa shape index (κ2) is 13.5. The molecule has 0 bridgehead atoms. The van der Waals surface area contributed by atoms with E-state index in [-0.39, 0.29) is 30.1 Å². The van der Waals surface area contributed by atoms with Crippen molar-refractivity contribution in [2.24, 2.45) is 10.9 Å². The lowest BCUT2D eigenvalue weighted by atomic mass is 10.0. The first-order valence-electron chi connectivity index (χ1n) is 9.79. The summed E-state index contributed by atoms with van der Waals surface area (Å²) in [4.78, 5) is 4.30. The Morgan fingerprint density at radius 1 is 1.18 bits per heavy atom. The first-order chi connectivity index (χ1) is 13.1. The van der Waals surface area contributed by atoms with Crippen LogP contribution in [0.5, 0.6) is 0 Å². The first-order valence-corrected chi connectivity index (χ1v) is 9.79. The Bertz CT molecular complexity index is 671. The highest BCUT2D eigenvalue weighted by Crippen LogP contribution is 2.10. The maximum Gasteiger partial charge on any atom is 0.190 e. The number of nitrogens with one attached hydrogen (secondary N) is 2. The van der Waals surface area contributed by atoms with E-state index >= 15 is 0 Å². The van der Waals surface area contributed by atoms with Gasteiger partial charge in [0.15, 0.2) is 5.96 Å². The normalized spacial score (nSPS) is 12.5. The molecule has 2 aromatic rings. The van der Waals surface area contributed by atoms with Crippen molar-refractivity contribution in [1.82, 2.24) is 20.4 Å². The van der Waals surface area contributed by atoms with E-state index in [1.165, 1.54) is 5.56 Å². The Labute approximate surface area is 186 Å². The molecule has 0 fully saturated rings. The van der Waals surface area contributed by atoms with Gasteiger partial charge in [-0.3, -0.25) is 4.99 Å². The number of aromatic nitrogens is 2. The SMILES string of the molecule is CCOC(CCNC(=NC)NCCc1ccc(-n2cccn2)cc1)C(C)C.I. The number of ether oxygens (including phenoxy) is 1. The summed E-state index contributed by atoms with van der Waals surface area (Å²) in [6.45, 7) is 8.89. The van der Waals surface area contributed by atoms with E-state index in [0.717, 1.165) is 44.2 Å². The second-order valence-electron chi connectivity index (χ2n) is 6.82. The molecule has 6 nitrogen and oxygen atoms in total. The monoisotopic (exact) mass is 499 g/mol. The molecule has 28 heavy (non-hydrogen) atoms. The fraction of sp³-hybridized carbons (Fsp3) is 0.524. The average Bonchev–Trinajstić information content (AvgIpc) is 3.21. The van der Waals surface area contributed by atoms with Crippen LogP contribution in [0.25, 0.3) is 5.69 Å². The molecular formula is C21H34IN5O. The van der Waals surface area contributed by atoms with Gasteiger partial charge in [-0.15, -0.1) is 24.0 Å². The van der Waals surface area contributed by atoms with E-state index in [2.05, 4.69) is 58.8 Å². The van der Waals surface area contributed by atoms with Crippen molar-refractivity contribution in [2.75, 3.05) is 26.7 Å². The van der Waals surface area contributed by atoms with E-state index in [1.54, 1.807) is 13.2 Å². The lowest BCUT2D eigenvalue weighted by Gasteiger charge is -2.21. The summed E-state index contributed by atoms with van der Waals surface area (Å²) in [6, 6.07) is 10.4. The minimum Gasteiger partial charge on any atom is -0.378 e. The summed E-state index contributed by atoms with van der Waals surface area (Å²) in [7, 11) is 1.80. The van der Waals surface area contributed by atoms with Crippen LogP contribution in [0.1, 0.15) is 32.8 Å². The Morgan fingerprint density at radius 2 is 1.89 bits per heavy atom. The van der Waals surface area contributed by atoms with E-state index < -0.39 is 0 Å². The molecular weight excluding hydrogens is 465 g/mol. The van der Waals surface area contributed by atoms with Gasteiger partial charge in [-0.1, -0.05) is 26.0 Å². The van der Waals surface area contributed by atoms with Crippen LogP contribution in [0.2, 0.25) is 0 Å². The van der Waals surface area contributed by atoms with Crippen molar-refractivity contribution in [3.63, 3.8) is 0 Å². The number of guanidine groups is 1. The molecule has 0 radical (unpaired) electrons. The Kier molecular flexibility index (Phi) is 11.8. The molecule has 1 aromatic heterocycles. The topological polar surface area (TPSA) is 63.5 Å². The van der Waals surface area contributed by atoms with Crippen molar-refractivity contribution < 1.29 is 4.74 Å². The van der Waals surface area contributed by atoms with Crippen LogP contribution < -0.4 is 10.6 Å². The lowest BCUT2D eigenvalue weighted by Crippen LogP contribution is -2.40. The van der Waals surface area contributed by atoms with Crippen LogP contribution in [0, 0.1) is 5.92 Å². The van der Waals surface area contributed by atoms with Crippen LogP contribution in [0.3, 0.4) is 0 Å². The van der Waals surface area contributed by atoms with Gasteiger partial charge in [-0.2, -0.15) is 5.10 Å². The fourth-order valence-corrected chi connectivity index (χ4v) is 2.94. The van der Waals surface area contributed by atoms with Gasteiger partial charge in [0.1, 0.15) is 0 Å². The Morgan fingerprint density at radius 3 is 2.46 bits per heavy atom. The summed E-state index contributed by atoms with van der Waals surface area (Å²) in [5, 5.41) is 11.0. The van der Waals surface area contributed by atoms with Crippen molar-refractivity contribution in [3.8, 4) is 5.69 Å². The van der Waals surface area contributed by atoms with Gasteiger partial charge >= 0.3 is 0 Å². The maximum atomic E-state index is 5.79. The third-order valence-corrected chi connectivity index (χ3v) is 4.48. The maximum absolute atomic E-state index is 5.79. The molecule has 1 aromatic carbocycles. The summed E-state index contributed by atoms with van der Waals surface area (Å²) >= 11 is 0. The predicted molar refractivity (Wildman–Crippen MR) is 127 cm³/mol. The molecule has 2 N–H and O–H groups in total. The molecule has 156 valence electrons. The highest BCUT2D eigenvalue weighted by atomic mass is 127. The van der Waals surface area contributed by atoms with Crippen LogP contribution >= 0.6 is 24.0 Å². The number of rotatable bonds is 10. The molecule has 2 rings (SSSR count). The zero-order chi connectivity index (χ0) is 19.5. The van der Waals surface area contributed by atoms with E-state index in [4.69, 9.17) is 4.74 Å². The molecule has 0 amide bonds. The molecule has 0 aliphatic rings. The molecule has 1 unspecified atom stereocenters. The number of halogens is 1. The molecule has 0 aliphatic carbocycles. The minimum atomic E-state index is 0. The molecule has 1 heterocycles. The molecule has 0 saturated carbocycles. The van der Waals surface area contributed by atoms with Gasteiger partial charge in [-0.25, -0.2) is 4.68 Å². The number of hydrogen-bond acceptors (Lipinski definition) is 3. The molecule has 0 spiro atoms. The van der Waals surface area contributed by atoms with Gasteiger partial charge in [0, 0.05) is 39.1 Å². The van der Waals surface area contributed by atoms with Gasteiger partial charge in [0.2, 0.25) is 0 Å². The molecule has 1 atom stereocenters. The highest BCUT2D eigenvalue weighted by molar-refractivity contribution is 14.0. The quantitative estimate of drug-likeness (QED) is 0.298. The number of aliphatic imine (C=N–C) groups is 1. The molecule has 7 heteroatoms. The van der Waals surface area contributed by atoms with Crippen molar-refractivity contribution in [2.45, 2.75) is 39.7 Å². The number of benzene rings is 1. The summed E-state index contributed by atoms with van der Waals surface area (Å²) in [5.74, 6) is 1.36. The van der Waals surface area contributed by atoms with Gasteiger partial charge in [0.05, 0.1) is 11.8 Å². The number of hydrogen-bond donors (Lipinski definition) is 2. The fourth-order valence-electron chi connectivity index (χ4n) is 2.94. The first kappa shape index (κ1) is 24.4. The zero-order valence-corrected chi connectivity index (χ0v) is 19.7. The van der Waals surface area contributed by atoms with Crippen LogP contribution in [-0.4, -0.2) is 48.6 Å². The second-order valence-corrected chi connectivity index (χ2v) is 6.82. The third-order valence-electron chi connectivity index (χ3n) is 4.48. The summed E-state index contributed by atoms with van der Waals surface area (Å²) in [6.07, 6.45) is 5.93. The van der Waals surface area contributed by atoms with Crippen LogP contribution in [-0.2, 0) is 11.2 Å². The third kappa shape index (κ3) is 8.18. The average molecular weight is 499 g/mol. The predicted octanol–water partition coefficient (Wildman–Crippen LogP) is 3.65. The van der Waals surface area contributed by atoms with Crippen molar-refractivity contribution in [3.05, 3.63) is 48.3 Å². The largest absolute Gasteiger partial charge is 0.378 e. The lowest BCUT2D eigenvalue weighted by molar-refractivity contribution is 0.0258. The molecule has 0 saturated heterocycles. The van der Waals surface area contributed by atoms with E-state index in [9.17, 15) is 0 Å². The summed E-state index contributed by atoms with van der Waals surface area (Å²) in [5.41, 5.74) is 2.35. The minimum absolute atomic E-state index is 0. The van der Waals surface area contributed by atoms with Crippen LogP contribution in [0.15, 0.2) is 47.7 Å². The van der Waals surface area contributed by atoms with Gasteiger partial charge < -0.3 is 15.4 Å². The molecule has 0 aliphatic heterocycles. The highest BCUT2D eigenvalue weighted by Gasteiger charge is 2.12. The zero-order valence-electron chi connectivity index (χ0n) is 17.4. The Hall–Kier alpha value is -1.61. The van der Waals surface area contributed by atoms with Crippen molar-refractivity contribution in [1.29, 1.82) is 0 Å². The van der Waals surface area contributed by atoms with Crippen molar-refractivity contribution >= 4 is 29.9 Å². The van der Waals surface area contributed by atoms with Crippen LogP contribution in [0.4, 0.5) is 0 Å². The van der Waals surface area contributed by atoms with E-state index in [0.29, 0.717) is 5.92 Å².